The summed E-state index contributed by atoms with van der Waals surface area (Å²) >= 11 is 4.77. The number of unbranched alkanes of at least 4 members (excludes halogenated alkanes) is 1. The zero-order valence-corrected chi connectivity index (χ0v) is 28.6. The van der Waals surface area contributed by atoms with E-state index in [-0.39, 0.29) is 29.3 Å². The molecule has 0 radical (unpaired) electrons. The van der Waals surface area contributed by atoms with Crippen LogP contribution in [0.5, 0.6) is 0 Å². The van der Waals surface area contributed by atoms with Crippen LogP contribution in [0.2, 0.25) is 0 Å². The Balaban J connectivity index is 1.02. The van der Waals surface area contributed by atoms with Crippen LogP contribution in [-0.4, -0.2) is 59.5 Å². The number of hydrogen-bond donors (Lipinski definition) is 2. The molecule has 0 bridgehead atoms. The molecule has 10 nitrogen and oxygen atoms in total. The highest BCUT2D eigenvalue weighted by atomic mass is 32.2. The quantitative estimate of drug-likeness (QED) is 0.120. The SMILES string of the molecule is CCC(Sc1nnc2c3ccccc3n(C(=O)CCCCC3CC4NC(=O)NC4S3)c2n1)C(=O)N1c2ccccc2Sc2ccccc21. The number of nitrogens with zero attached hydrogens (tertiary/aromatic N) is 5. The number of urea groups is 1. The molecule has 2 saturated heterocycles. The Morgan fingerprint density at radius 3 is 2.44 bits per heavy atom. The first kappa shape index (κ1) is 31.2. The van der Waals surface area contributed by atoms with E-state index in [1.165, 1.54) is 11.8 Å². The summed E-state index contributed by atoms with van der Waals surface area (Å²) in [4.78, 5) is 48.4. The monoisotopic (exact) mass is 695 g/mol. The Morgan fingerprint density at radius 1 is 0.958 bits per heavy atom. The number of para-hydroxylation sites is 3. The minimum absolute atomic E-state index is 0.0373. The van der Waals surface area contributed by atoms with Crippen LogP contribution in [0.25, 0.3) is 22.1 Å². The van der Waals surface area contributed by atoms with Gasteiger partial charge in [0.2, 0.25) is 17.0 Å². The molecule has 4 atom stereocenters. The third kappa shape index (κ3) is 5.71. The predicted octanol–water partition coefficient (Wildman–Crippen LogP) is 7.39. The third-order valence-electron chi connectivity index (χ3n) is 9.03. The lowest BCUT2D eigenvalue weighted by atomic mass is 10.1. The number of carbonyl (C=O) groups is 3. The maximum absolute atomic E-state index is 14.3. The highest BCUT2D eigenvalue weighted by Gasteiger charge is 2.41. The van der Waals surface area contributed by atoms with Crippen LogP contribution in [0.15, 0.2) is 87.7 Å². The highest BCUT2D eigenvalue weighted by Crippen LogP contribution is 2.49. The average Bonchev–Trinajstić information content (AvgIpc) is 3.76. The van der Waals surface area contributed by atoms with Gasteiger partial charge in [-0.25, -0.2) is 9.78 Å². The Kier molecular flexibility index (Phi) is 8.51. The molecule has 8 rings (SSSR count). The van der Waals surface area contributed by atoms with E-state index in [4.69, 9.17) is 4.98 Å². The molecular weight excluding hydrogens is 663 g/mol. The van der Waals surface area contributed by atoms with Crippen molar-refractivity contribution in [2.24, 2.45) is 0 Å². The Bertz CT molecular complexity index is 2010. The summed E-state index contributed by atoms with van der Waals surface area (Å²) in [6.07, 6.45) is 4.56. The van der Waals surface area contributed by atoms with Crippen molar-refractivity contribution in [3.8, 4) is 0 Å². The maximum Gasteiger partial charge on any atom is 0.316 e. The fourth-order valence-corrected chi connectivity index (χ4v) is 10.3. The molecular formula is C35H33N7O3S3. The molecule has 3 aliphatic rings. The molecule has 13 heteroatoms. The largest absolute Gasteiger partial charge is 0.332 e. The normalized spacial score (nSPS) is 20.2. The van der Waals surface area contributed by atoms with Crippen LogP contribution >= 0.6 is 35.3 Å². The number of carbonyl (C=O) groups excluding carboxylic acids is 3. The van der Waals surface area contributed by atoms with Gasteiger partial charge in [-0.2, -0.15) is 0 Å². The van der Waals surface area contributed by atoms with Crippen LogP contribution in [0.3, 0.4) is 0 Å². The second kappa shape index (κ2) is 13.1. The van der Waals surface area contributed by atoms with Gasteiger partial charge in [0.25, 0.3) is 0 Å². The molecule has 0 aliphatic carbocycles. The molecule has 5 heterocycles. The number of fused-ring (bicyclic) bond motifs is 6. The molecule has 2 fully saturated rings. The number of thioether (sulfide) groups is 2. The third-order valence-corrected chi connectivity index (χ3v) is 12.9. The van der Waals surface area contributed by atoms with Crippen LogP contribution in [0.4, 0.5) is 16.2 Å². The fourth-order valence-electron chi connectivity index (χ4n) is 6.76. The van der Waals surface area contributed by atoms with Gasteiger partial charge in [0.1, 0.15) is 5.52 Å². The number of hydrogen-bond acceptors (Lipinski definition) is 9. The number of aromatic nitrogens is 4. The minimum Gasteiger partial charge on any atom is -0.332 e. The van der Waals surface area contributed by atoms with E-state index >= 15 is 0 Å². The Hall–Kier alpha value is -4.07. The number of nitrogens with one attached hydrogen (secondary N) is 2. The van der Waals surface area contributed by atoms with Gasteiger partial charge >= 0.3 is 6.03 Å². The average molecular weight is 696 g/mol. The van der Waals surface area contributed by atoms with Gasteiger partial charge in [0.15, 0.2) is 5.65 Å². The van der Waals surface area contributed by atoms with Crippen LogP contribution in [0.1, 0.15) is 50.2 Å². The minimum atomic E-state index is -0.474. The fraction of sp³-hybridized carbons (Fsp3) is 0.314. The smallest absolute Gasteiger partial charge is 0.316 e. The van der Waals surface area contributed by atoms with Gasteiger partial charge in [-0.1, -0.05) is 79.3 Å². The number of benzene rings is 3. The standard InChI is InChI=1S/C35H33N7O3S3/c1-2-26(33(44)41-24-14-6-8-16-27(24)47-28-17-9-7-15-25(28)41)48-35-37-31-30(39-40-35)21-12-4-5-13-23(21)42(31)29(43)18-10-3-11-20-19-22-32(46-20)38-34(45)36-22/h4-9,12-17,20,22,26,32H,2-3,10-11,18-19H2,1H3,(H2,36,38,45). The molecule has 244 valence electrons. The van der Waals surface area contributed by atoms with Gasteiger partial charge in [0, 0.05) is 26.8 Å². The topological polar surface area (TPSA) is 122 Å². The maximum atomic E-state index is 14.3. The van der Waals surface area contributed by atoms with Crippen LogP contribution < -0.4 is 15.5 Å². The lowest BCUT2D eigenvalue weighted by Gasteiger charge is -2.33. The molecule has 3 aromatic carbocycles. The van der Waals surface area contributed by atoms with Crippen molar-refractivity contribution in [2.75, 3.05) is 4.90 Å². The molecule has 48 heavy (non-hydrogen) atoms. The van der Waals surface area contributed by atoms with Gasteiger partial charge in [0.05, 0.1) is 33.6 Å². The molecule has 3 aliphatic heterocycles. The summed E-state index contributed by atoms with van der Waals surface area (Å²) in [5.74, 6) is -0.0880. The van der Waals surface area contributed by atoms with Crippen molar-refractivity contribution in [3.05, 3.63) is 72.8 Å². The lowest BCUT2D eigenvalue weighted by molar-refractivity contribution is -0.117. The Morgan fingerprint density at radius 2 is 1.69 bits per heavy atom. The molecule has 0 saturated carbocycles. The second-order valence-electron chi connectivity index (χ2n) is 12.1. The Labute approximate surface area is 290 Å². The van der Waals surface area contributed by atoms with Crippen molar-refractivity contribution in [2.45, 2.75) is 82.3 Å². The van der Waals surface area contributed by atoms with E-state index in [1.807, 2.05) is 96.4 Å². The second-order valence-corrected chi connectivity index (χ2v) is 15.8. The van der Waals surface area contributed by atoms with E-state index in [0.29, 0.717) is 34.4 Å². The van der Waals surface area contributed by atoms with Gasteiger partial charge in [-0.3, -0.25) is 19.1 Å². The lowest BCUT2D eigenvalue weighted by Crippen LogP contribution is -2.35. The van der Waals surface area contributed by atoms with E-state index < -0.39 is 5.25 Å². The van der Waals surface area contributed by atoms with Gasteiger partial charge in [-0.15, -0.1) is 22.0 Å². The summed E-state index contributed by atoms with van der Waals surface area (Å²) in [6, 6.07) is 23.7. The summed E-state index contributed by atoms with van der Waals surface area (Å²) in [6.45, 7) is 1.99. The van der Waals surface area contributed by atoms with Gasteiger partial charge in [-0.05, 0) is 56.0 Å². The molecule has 3 amide bonds. The molecule has 5 aromatic rings. The van der Waals surface area contributed by atoms with Crippen LogP contribution in [0, 0.1) is 0 Å². The first-order chi connectivity index (χ1) is 23.5. The number of rotatable bonds is 9. The molecule has 4 unspecified atom stereocenters. The van der Waals surface area contributed by atoms with E-state index in [1.54, 1.807) is 16.3 Å². The number of amides is 3. The number of anilines is 2. The summed E-state index contributed by atoms with van der Waals surface area (Å²) in [5, 5.41) is 16.3. The van der Waals surface area contributed by atoms with E-state index in [2.05, 4.69) is 20.8 Å². The molecule has 0 spiro atoms. The van der Waals surface area contributed by atoms with E-state index in [0.717, 1.165) is 57.8 Å². The highest BCUT2D eigenvalue weighted by molar-refractivity contribution is 8.01. The van der Waals surface area contributed by atoms with Crippen molar-refractivity contribution in [1.29, 1.82) is 0 Å². The summed E-state index contributed by atoms with van der Waals surface area (Å²) < 4.78 is 1.68. The van der Waals surface area contributed by atoms with Crippen molar-refractivity contribution in [3.63, 3.8) is 0 Å². The van der Waals surface area contributed by atoms with E-state index in [9.17, 15) is 14.4 Å². The first-order valence-electron chi connectivity index (χ1n) is 16.2. The van der Waals surface area contributed by atoms with Crippen molar-refractivity contribution >= 4 is 86.6 Å². The predicted molar refractivity (Wildman–Crippen MR) is 191 cm³/mol. The summed E-state index contributed by atoms with van der Waals surface area (Å²) in [7, 11) is 0. The molecule has 2 aromatic heterocycles. The zero-order chi connectivity index (χ0) is 32.8. The summed E-state index contributed by atoms with van der Waals surface area (Å²) in [5.41, 5.74) is 3.52. The van der Waals surface area contributed by atoms with Crippen molar-refractivity contribution in [1.82, 2.24) is 30.4 Å². The first-order valence-corrected chi connectivity index (χ1v) is 18.9. The zero-order valence-electron chi connectivity index (χ0n) is 26.2. The molecule has 2 N–H and O–H groups in total. The van der Waals surface area contributed by atoms with Gasteiger partial charge < -0.3 is 10.6 Å². The van der Waals surface area contributed by atoms with Crippen molar-refractivity contribution < 1.29 is 14.4 Å². The van der Waals surface area contributed by atoms with Crippen LogP contribution in [-0.2, 0) is 4.79 Å².